The molecule has 0 bridgehead atoms. The van der Waals surface area contributed by atoms with Crippen LogP contribution in [0.1, 0.15) is 12.0 Å². The molecule has 0 saturated heterocycles. The third-order valence-electron chi connectivity index (χ3n) is 2.92. The number of carbonyl (C=O) groups excluding carboxylic acids is 1. The lowest BCUT2D eigenvalue weighted by Gasteiger charge is -2.13. The minimum absolute atomic E-state index is 0.0786. The van der Waals surface area contributed by atoms with Crippen LogP contribution in [0.4, 0.5) is 0 Å². The predicted molar refractivity (Wildman–Crippen MR) is 67.3 cm³/mol. The van der Waals surface area contributed by atoms with Crippen molar-refractivity contribution < 1.29 is 19.8 Å². The molecule has 1 amide bonds. The molecule has 1 aromatic rings. The fourth-order valence-corrected chi connectivity index (χ4v) is 2.00. The Hall–Kier alpha value is -2.21. The van der Waals surface area contributed by atoms with E-state index in [1.54, 1.807) is 0 Å². The van der Waals surface area contributed by atoms with Crippen molar-refractivity contribution in [3.05, 3.63) is 35.9 Å². The quantitative estimate of drug-likeness (QED) is 0.807. The van der Waals surface area contributed by atoms with E-state index in [1.807, 2.05) is 30.3 Å². The van der Waals surface area contributed by atoms with Crippen LogP contribution >= 0.6 is 0 Å². The molecule has 6 nitrogen and oxygen atoms in total. The molecule has 0 unspecified atom stereocenters. The molecule has 0 spiro atoms. The lowest BCUT2D eigenvalue weighted by molar-refractivity contribution is -0.134. The molecule has 1 aromatic carbocycles. The molecule has 19 heavy (non-hydrogen) atoms. The third kappa shape index (κ3) is 2.79. The number of carboxylic acids is 1. The average molecular weight is 262 g/mol. The minimum Gasteiger partial charge on any atom is -0.477 e. The summed E-state index contributed by atoms with van der Waals surface area (Å²) in [6.07, 6.45) is 0.0786. The van der Waals surface area contributed by atoms with Gasteiger partial charge in [-0.2, -0.15) is 5.10 Å². The van der Waals surface area contributed by atoms with Gasteiger partial charge < -0.3 is 10.2 Å². The van der Waals surface area contributed by atoms with Gasteiger partial charge in [0, 0.05) is 6.61 Å². The minimum atomic E-state index is -1.22. The van der Waals surface area contributed by atoms with E-state index in [-0.39, 0.29) is 31.2 Å². The topological polar surface area (TPSA) is 90.2 Å². The number of aliphatic hydroxyl groups is 1. The van der Waals surface area contributed by atoms with Gasteiger partial charge in [-0.1, -0.05) is 30.3 Å². The van der Waals surface area contributed by atoms with Gasteiger partial charge in [-0.05, 0) is 12.0 Å². The van der Waals surface area contributed by atoms with Crippen LogP contribution in [-0.4, -0.2) is 39.4 Å². The number of rotatable bonds is 5. The van der Waals surface area contributed by atoms with Crippen LogP contribution in [-0.2, 0) is 16.1 Å². The molecule has 2 rings (SSSR count). The lowest BCUT2D eigenvalue weighted by atomic mass is 10.00. The van der Waals surface area contributed by atoms with Gasteiger partial charge >= 0.3 is 5.97 Å². The maximum absolute atomic E-state index is 12.1. The first-order valence-electron chi connectivity index (χ1n) is 5.91. The van der Waals surface area contributed by atoms with E-state index in [1.165, 1.54) is 0 Å². The highest BCUT2D eigenvalue weighted by molar-refractivity contribution is 6.41. The Labute approximate surface area is 110 Å². The highest BCUT2D eigenvalue weighted by Crippen LogP contribution is 2.21. The first-order valence-corrected chi connectivity index (χ1v) is 5.91. The smallest absolute Gasteiger partial charge is 0.352 e. The Bertz CT molecular complexity index is 513. The average Bonchev–Trinajstić information content (AvgIpc) is 2.70. The summed E-state index contributed by atoms with van der Waals surface area (Å²) in [4.78, 5) is 23.1. The van der Waals surface area contributed by atoms with E-state index < -0.39 is 11.9 Å². The van der Waals surface area contributed by atoms with Gasteiger partial charge in [0.15, 0.2) is 5.71 Å². The van der Waals surface area contributed by atoms with Crippen molar-refractivity contribution in [2.45, 2.75) is 13.0 Å². The van der Waals surface area contributed by atoms with Crippen molar-refractivity contribution in [1.82, 2.24) is 5.01 Å². The zero-order valence-electron chi connectivity index (χ0n) is 10.2. The summed E-state index contributed by atoms with van der Waals surface area (Å²) in [5.41, 5.74) is 0.670. The number of nitrogens with zero attached hydrogens (tertiary/aromatic N) is 2. The number of amides is 1. The number of carbonyl (C=O) groups is 2. The fourth-order valence-electron chi connectivity index (χ4n) is 2.00. The molecule has 0 radical (unpaired) electrons. The molecule has 1 atom stereocenters. The van der Waals surface area contributed by atoms with E-state index in [2.05, 4.69) is 5.10 Å². The predicted octanol–water partition coefficient (Wildman–Crippen LogP) is 0.468. The molecule has 6 heteroatoms. The number of carboxylic acid groups (broad SMARTS) is 1. The van der Waals surface area contributed by atoms with E-state index in [9.17, 15) is 9.59 Å². The number of aliphatic hydroxyl groups excluding tert-OH is 1. The molecule has 1 aliphatic heterocycles. The largest absolute Gasteiger partial charge is 0.477 e. The highest BCUT2D eigenvalue weighted by Gasteiger charge is 2.38. The van der Waals surface area contributed by atoms with Crippen molar-refractivity contribution >= 4 is 17.6 Å². The molecule has 1 heterocycles. The van der Waals surface area contributed by atoms with Gasteiger partial charge in [0.25, 0.3) is 5.91 Å². The molecule has 0 saturated carbocycles. The summed E-state index contributed by atoms with van der Waals surface area (Å²) in [5, 5.41) is 22.9. The molecule has 100 valence electrons. The molecule has 0 aliphatic carbocycles. The van der Waals surface area contributed by atoms with Crippen LogP contribution in [0.3, 0.4) is 0 Å². The molecule has 0 aromatic heterocycles. The van der Waals surface area contributed by atoms with E-state index in [0.717, 1.165) is 10.6 Å². The van der Waals surface area contributed by atoms with Crippen molar-refractivity contribution in [3.63, 3.8) is 0 Å². The van der Waals surface area contributed by atoms with Crippen LogP contribution in [0.5, 0.6) is 0 Å². The summed E-state index contributed by atoms with van der Waals surface area (Å²) in [6.45, 7) is -0.0136. The SMILES string of the molecule is O=C(O)C1=NN(Cc2ccccc2)C(=O)[C@H]1CCO. The molecule has 1 aliphatic rings. The summed E-state index contributed by atoms with van der Waals surface area (Å²) in [6, 6.07) is 9.20. The first kappa shape index (κ1) is 13.2. The van der Waals surface area contributed by atoms with Crippen LogP contribution in [0.15, 0.2) is 35.4 Å². The summed E-state index contributed by atoms with van der Waals surface area (Å²) < 4.78 is 0. The zero-order valence-corrected chi connectivity index (χ0v) is 10.2. The fraction of sp³-hybridized carbons (Fsp3) is 0.308. The van der Waals surface area contributed by atoms with Crippen molar-refractivity contribution in [1.29, 1.82) is 0 Å². The van der Waals surface area contributed by atoms with Gasteiger partial charge in [-0.15, -0.1) is 0 Å². The Morgan fingerprint density at radius 2 is 2.00 bits per heavy atom. The highest BCUT2D eigenvalue weighted by atomic mass is 16.4. The second kappa shape index (κ2) is 5.62. The monoisotopic (exact) mass is 262 g/mol. The summed E-state index contributed by atoms with van der Waals surface area (Å²) in [7, 11) is 0. The van der Waals surface area contributed by atoms with E-state index >= 15 is 0 Å². The molecule has 0 fully saturated rings. The van der Waals surface area contributed by atoms with Crippen molar-refractivity contribution in [2.75, 3.05) is 6.61 Å². The molecule has 2 N–H and O–H groups in total. The Kier molecular flexibility index (Phi) is 3.91. The lowest BCUT2D eigenvalue weighted by Crippen LogP contribution is -2.30. The van der Waals surface area contributed by atoms with Crippen LogP contribution < -0.4 is 0 Å². The second-order valence-corrected chi connectivity index (χ2v) is 4.24. The first-order chi connectivity index (χ1) is 9.13. The molecular formula is C13H14N2O4. The normalized spacial score (nSPS) is 18.6. The van der Waals surface area contributed by atoms with Crippen molar-refractivity contribution in [2.24, 2.45) is 11.0 Å². The Balaban J connectivity index is 2.18. The maximum Gasteiger partial charge on any atom is 0.352 e. The number of hydrogen-bond donors (Lipinski definition) is 2. The number of hydrogen-bond acceptors (Lipinski definition) is 4. The number of hydrazone groups is 1. The van der Waals surface area contributed by atoms with Gasteiger partial charge in [0.2, 0.25) is 0 Å². The third-order valence-corrected chi connectivity index (χ3v) is 2.92. The standard InChI is InChI=1S/C13H14N2O4/c16-7-6-10-11(13(18)19)14-15(12(10)17)8-9-4-2-1-3-5-9/h1-5,10,16H,6-8H2,(H,18,19)/t10-/m0/s1. The zero-order chi connectivity index (χ0) is 13.8. The molecular weight excluding hydrogens is 248 g/mol. The Morgan fingerprint density at radius 1 is 1.32 bits per heavy atom. The van der Waals surface area contributed by atoms with Crippen LogP contribution in [0, 0.1) is 5.92 Å². The van der Waals surface area contributed by atoms with Crippen LogP contribution in [0.25, 0.3) is 0 Å². The number of aliphatic carboxylic acids is 1. The van der Waals surface area contributed by atoms with Gasteiger partial charge in [0.1, 0.15) is 0 Å². The number of benzene rings is 1. The summed E-state index contributed by atoms with van der Waals surface area (Å²) in [5.74, 6) is -2.45. The van der Waals surface area contributed by atoms with Crippen molar-refractivity contribution in [3.8, 4) is 0 Å². The van der Waals surface area contributed by atoms with E-state index in [0.29, 0.717) is 0 Å². The van der Waals surface area contributed by atoms with Gasteiger partial charge in [0.05, 0.1) is 12.5 Å². The van der Waals surface area contributed by atoms with E-state index in [4.69, 9.17) is 10.2 Å². The summed E-state index contributed by atoms with van der Waals surface area (Å²) >= 11 is 0. The van der Waals surface area contributed by atoms with Gasteiger partial charge in [-0.25, -0.2) is 9.80 Å². The van der Waals surface area contributed by atoms with Crippen LogP contribution in [0.2, 0.25) is 0 Å². The van der Waals surface area contributed by atoms with Gasteiger partial charge in [-0.3, -0.25) is 4.79 Å². The maximum atomic E-state index is 12.1. The second-order valence-electron chi connectivity index (χ2n) is 4.24. The Morgan fingerprint density at radius 3 is 2.58 bits per heavy atom.